The maximum atomic E-state index is 8.57. The van der Waals surface area contributed by atoms with Crippen LogP contribution in [0.2, 0.25) is 0 Å². The summed E-state index contributed by atoms with van der Waals surface area (Å²) in [4.78, 5) is 3.10. The third-order valence-corrected chi connectivity index (χ3v) is 2.29. The van der Waals surface area contributed by atoms with Crippen molar-refractivity contribution in [3.05, 3.63) is 52.5 Å². The summed E-state index contributed by atoms with van der Waals surface area (Å²) in [5.74, 6) is 0. The maximum absolute atomic E-state index is 8.57. The number of benzene rings is 1. The van der Waals surface area contributed by atoms with Gasteiger partial charge in [-0.05, 0) is 17.2 Å². The third-order valence-electron chi connectivity index (χ3n) is 1.64. The van der Waals surface area contributed by atoms with Gasteiger partial charge in [-0.15, -0.1) is 0 Å². The molecule has 0 unspecified atom stereocenters. The van der Waals surface area contributed by atoms with Crippen molar-refractivity contribution >= 4 is 22.0 Å². The molecular weight excluding hydrogens is 240 g/mol. The third kappa shape index (κ3) is 2.73. The summed E-state index contributed by atoms with van der Waals surface area (Å²) in [6, 6.07) is 9.53. The van der Waals surface area contributed by atoms with E-state index in [2.05, 4.69) is 20.8 Å². The van der Waals surface area contributed by atoms with Gasteiger partial charge in [-0.3, -0.25) is 0 Å². The van der Waals surface area contributed by atoms with Crippen LogP contribution in [0.5, 0.6) is 0 Å². The quantitative estimate of drug-likeness (QED) is 0.447. The number of halogens is 1. The number of hydrogen-bond donors (Lipinski definition) is 0. The molecule has 0 aliphatic heterocycles. The Morgan fingerprint density at radius 2 is 2.43 bits per heavy atom. The smallest absolute Gasteiger partial charge is 0.227 e. The molecule has 68 valence electrons. The summed E-state index contributed by atoms with van der Waals surface area (Å²) in [5, 5.41) is 9.34. The Kier molecular flexibility index (Phi) is 3.91. The van der Waals surface area contributed by atoms with Gasteiger partial charge in [-0.25, -0.2) is 10.1 Å². The Bertz CT molecular complexity index is 419. The van der Waals surface area contributed by atoms with Gasteiger partial charge in [-0.1, -0.05) is 40.2 Å². The number of allylic oxidation sites excluding steroid dienone is 1. The SMILES string of the molecule is [C-]#[N+]C(C#N)=Cc1cccc(CBr)c1. The van der Waals surface area contributed by atoms with Crippen molar-refractivity contribution in [2.75, 3.05) is 0 Å². The fourth-order valence-corrected chi connectivity index (χ4v) is 1.36. The van der Waals surface area contributed by atoms with Crippen molar-refractivity contribution in [2.24, 2.45) is 0 Å². The highest BCUT2D eigenvalue weighted by molar-refractivity contribution is 9.08. The Morgan fingerprint density at radius 1 is 1.64 bits per heavy atom. The predicted molar refractivity (Wildman–Crippen MR) is 59.3 cm³/mol. The molecular formula is C11H7BrN2. The van der Waals surface area contributed by atoms with Crippen LogP contribution in [0.3, 0.4) is 0 Å². The number of alkyl halides is 1. The molecule has 14 heavy (non-hydrogen) atoms. The minimum atomic E-state index is 0.108. The zero-order valence-electron chi connectivity index (χ0n) is 7.37. The van der Waals surface area contributed by atoms with E-state index >= 15 is 0 Å². The molecule has 0 saturated heterocycles. The highest BCUT2D eigenvalue weighted by Gasteiger charge is 1.95. The van der Waals surface area contributed by atoms with Crippen LogP contribution in [-0.2, 0) is 5.33 Å². The second kappa shape index (κ2) is 5.21. The van der Waals surface area contributed by atoms with E-state index in [0.29, 0.717) is 0 Å². The zero-order chi connectivity index (χ0) is 10.4. The summed E-state index contributed by atoms with van der Waals surface area (Å²) in [7, 11) is 0. The highest BCUT2D eigenvalue weighted by Crippen LogP contribution is 2.12. The van der Waals surface area contributed by atoms with Gasteiger partial charge in [0, 0.05) is 5.33 Å². The van der Waals surface area contributed by atoms with Crippen LogP contribution in [0, 0.1) is 17.9 Å². The molecule has 1 rings (SSSR count). The molecule has 3 heteroatoms. The second-order valence-corrected chi connectivity index (χ2v) is 3.19. The summed E-state index contributed by atoms with van der Waals surface area (Å²) in [5.41, 5.74) is 2.12. The van der Waals surface area contributed by atoms with E-state index in [1.807, 2.05) is 30.3 Å². The van der Waals surface area contributed by atoms with Gasteiger partial charge in [0.25, 0.3) is 5.70 Å². The van der Waals surface area contributed by atoms with Crippen molar-refractivity contribution in [1.82, 2.24) is 0 Å². The van der Waals surface area contributed by atoms with Crippen LogP contribution in [-0.4, -0.2) is 0 Å². The molecule has 0 fully saturated rings. The van der Waals surface area contributed by atoms with Gasteiger partial charge in [0.15, 0.2) is 0 Å². The van der Waals surface area contributed by atoms with E-state index in [1.165, 1.54) is 0 Å². The Hall–Kier alpha value is -1.58. The summed E-state index contributed by atoms with van der Waals surface area (Å²) >= 11 is 3.35. The van der Waals surface area contributed by atoms with Crippen molar-refractivity contribution in [3.8, 4) is 6.07 Å². The van der Waals surface area contributed by atoms with Crippen LogP contribution < -0.4 is 0 Å². The molecule has 0 spiro atoms. The van der Waals surface area contributed by atoms with Gasteiger partial charge in [0.1, 0.15) is 0 Å². The van der Waals surface area contributed by atoms with E-state index in [9.17, 15) is 0 Å². The first-order valence-corrected chi connectivity index (χ1v) is 5.06. The first-order valence-electron chi connectivity index (χ1n) is 3.94. The molecule has 0 aliphatic rings. The average molecular weight is 247 g/mol. The molecule has 0 aliphatic carbocycles. The molecule has 2 nitrogen and oxygen atoms in total. The lowest BCUT2D eigenvalue weighted by atomic mass is 10.1. The molecule has 0 radical (unpaired) electrons. The molecule has 0 atom stereocenters. The molecule has 1 aromatic rings. The van der Waals surface area contributed by atoms with Gasteiger partial charge < -0.3 is 0 Å². The monoisotopic (exact) mass is 246 g/mol. The summed E-state index contributed by atoms with van der Waals surface area (Å²) < 4.78 is 0. The number of nitrogens with zero attached hydrogens (tertiary/aromatic N) is 2. The summed E-state index contributed by atoms with van der Waals surface area (Å²) in [6.45, 7) is 6.73. The van der Waals surface area contributed by atoms with Crippen LogP contribution in [0.1, 0.15) is 11.1 Å². The highest BCUT2D eigenvalue weighted by atomic mass is 79.9. The van der Waals surface area contributed by atoms with Crippen LogP contribution in [0.4, 0.5) is 0 Å². The fraction of sp³-hybridized carbons (Fsp3) is 0.0909. The minimum absolute atomic E-state index is 0.108. The lowest BCUT2D eigenvalue weighted by molar-refractivity contribution is 1.42. The van der Waals surface area contributed by atoms with E-state index in [-0.39, 0.29) is 5.70 Å². The van der Waals surface area contributed by atoms with E-state index in [4.69, 9.17) is 11.8 Å². The van der Waals surface area contributed by atoms with Gasteiger partial charge >= 0.3 is 0 Å². The topological polar surface area (TPSA) is 28.1 Å². The first kappa shape index (κ1) is 10.5. The van der Waals surface area contributed by atoms with Gasteiger partial charge in [0.2, 0.25) is 0 Å². The number of hydrogen-bond acceptors (Lipinski definition) is 1. The first-order chi connectivity index (χ1) is 6.80. The Balaban J connectivity index is 3.05. The maximum Gasteiger partial charge on any atom is 0.262 e. The van der Waals surface area contributed by atoms with Gasteiger partial charge in [-0.2, -0.15) is 0 Å². The van der Waals surface area contributed by atoms with E-state index in [0.717, 1.165) is 16.5 Å². The molecule has 0 bridgehead atoms. The lowest BCUT2D eigenvalue weighted by Gasteiger charge is -1.97. The van der Waals surface area contributed by atoms with E-state index in [1.54, 1.807) is 6.08 Å². The minimum Gasteiger partial charge on any atom is -0.227 e. The van der Waals surface area contributed by atoms with Crippen molar-refractivity contribution in [3.63, 3.8) is 0 Å². The number of nitriles is 1. The molecule has 0 aromatic heterocycles. The predicted octanol–water partition coefficient (Wildman–Crippen LogP) is 3.37. The normalized spacial score (nSPS) is 10.4. The van der Waals surface area contributed by atoms with Gasteiger partial charge in [0.05, 0.1) is 12.6 Å². The molecule has 0 N–H and O–H groups in total. The molecule has 0 amide bonds. The van der Waals surface area contributed by atoms with Crippen molar-refractivity contribution in [2.45, 2.75) is 5.33 Å². The molecule has 1 aromatic carbocycles. The largest absolute Gasteiger partial charge is 0.262 e. The Morgan fingerprint density at radius 3 is 3.00 bits per heavy atom. The number of rotatable bonds is 2. The van der Waals surface area contributed by atoms with Crippen LogP contribution >= 0.6 is 15.9 Å². The Labute approximate surface area is 91.4 Å². The zero-order valence-corrected chi connectivity index (χ0v) is 8.95. The van der Waals surface area contributed by atoms with Crippen molar-refractivity contribution in [1.29, 1.82) is 5.26 Å². The average Bonchev–Trinajstić information content (AvgIpc) is 2.26. The van der Waals surface area contributed by atoms with Crippen LogP contribution in [0.25, 0.3) is 10.9 Å². The summed E-state index contributed by atoms with van der Waals surface area (Å²) in [6.07, 6.45) is 1.58. The van der Waals surface area contributed by atoms with Crippen LogP contribution in [0.15, 0.2) is 30.0 Å². The molecule has 0 saturated carbocycles. The fourth-order valence-electron chi connectivity index (χ4n) is 1.01. The second-order valence-electron chi connectivity index (χ2n) is 2.63. The standard InChI is InChI=1S/C11H7BrN2/c1-14-11(8-13)6-9-3-2-4-10(5-9)7-12/h2-6H,7H2. The van der Waals surface area contributed by atoms with E-state index < -0.39 is 0 Å². The molecule has 0 heterocycles. The lowest BCUT2D eigenvalue weighted by Crippen LogP contribution is -1.79. The van der Waals surface area contributed by atoms with Crippen molar-refractivity contribution < 1.29 is 0 Å².